The van der Waals surface area contributed by atoms with E-state index in [0.717, 1.165) is 6.42 Å². The van der Waals surface area contributed by atoms with Gasteiger partial charge in [0.1, 0.15) is 17.7 Å². The smallest absolute Gasteiger partial charge is 0.408 e. The summed E-state index contributed by atoms with van der Waals surface area (Å²) in [4.78, 5) is 37.1. The first-order chi connectivity index (χ1) is 9.65. The van der Waals surface area contributed by atoms with E-state index in [1.54, 1.807) is 27.7 Å². The monoisotopic (exact) mass is 300 g/mol. The van der Waals surface area contributed by atoms with Gasteiger partial charge in [0.2, 0.25) is 5.91 Å². The summed E-state index contributed by atoms with van der Waals surface area (Å²) in [5.74, 6) is -0.737. The van der Waals surface area contributed by atoms with Gasteiger partial charge in [-0.3, -0.25) is 4.79 Å². The number of esters is 1. The highest BCUT2D eigenvalue weighted by molar-refractivity contribution is 5.89. The van der Waals surface area contributed by atoms with E-state index in [1.807, 2.05) is 0 Å². The normalized spacial score (nSPS) is 19.9. The highest BCUT2D eigenvalue weighted by Crippen LogP contribution is 2.19. The molecule has 7 nitrogen and oxygen atoms in total. The molecule has 0 aromatic heterocycles. The van der Waals surface area contributed by atoms with Crippen LogP contribution >= 0.6 is 0 Å². The number of methoxy groups -OCH3 is 1. The van der Waals surface area contributed by atoms with Crippen LogP contribution in [0.4, 0.5) is 4.79 Å². The second-order valence-electron chi connectivity index (χ2n) is 6.08. The molecule has 1 unspecified atom stereocenters. The van der Waals surface area contributed by atoms with Crippen LogP contribution in [-0.2, 0) is 19.1 Å². The third kappa shape index (κ3) is 4.91. The van der Waals surface area contributed by atoms with Crippen LogP contribution in [-0.4, -0.2) is 54.2 Å². The molecule has 0 radical (unpaired) electrons. The molecular formula is C14H24N2O5. The number of ether oxygens (including phenoxy) is 2. The average Bonchev–Trinajstić information content (AvgIpc) is 2.83. The van der Waals surface area contributed by atoms with Gasteiger partial charge in [0.15, 0.2) is 0 Å². The molecule has 1 heterocycles. The zero-order valence-corrected chi connectivity index (χ0v) is 13.3. The number of nitrogens with zero attached hydrogens (tertiary/aromatic N) is 1. The number of likely N-dealkylation sites (tertiary alicyclic amines) is 1. The number of rotatable bonds is 3. The Hall–Kier alpha value is -1.79. The Labute approximate surface area is 124 Å². The summed E-state index contributed by atoms with van der Waals surface area (Å²) in [6.45, 7) is 7.28. The summed E-state index contributed by atoms with van der Waals surface area (Å²) in [6.07, 6.45) is 0.666. The minimum atomic E-state index is -0.759. The Morgan fingerprint density at radius 3 is 2.43 bits per heavy atom. The topological polar surface area (TPSA) is 84.9 Å². The van der Waals surface area contributed by atoms with Crippen LogP contribution in [0.3, 0.4) is 0 Å². The van der Waals surface area contributed by atoms with Crippen LogP contribution in [0.2, 0.25) is 0 Å². The Morgan fingerprint density at radius 2 is 1.90 bits per heavy atom. The lowest BCUT2D eigenvalue weighted by atomic mass is 10.2. The third-order valence-electron chi connectivity index (χ3n) is 3.11. The van der Waals surface area contributed by atoms with E-state index < -0.39 is 29.7 Å². The zero-order chi connectivity index (χ0) is 16.2. The van der Waals surface area contributed by atoms with Crippen molar-refractivity contribution < 1.29 is 23.9 Å². The summed E-state index contributed by atoms with van der Waals surface area (Å²) >= 11 is 0. The Bertz CT molecular complexity index is 416. The molecule has 2 atom stereocenters. The highest BCUT2D eigenvalue weighted by Gasteiger charge is 2.37. The standard InChI is InChI=1S/C14H24N2O5/c1-9(15-13(19)21-14(2,3)4)11(17)16-8-6-7-10(16)12(18)20-5/h9-10H,6-8H2,1-5H3,(H,15,19)/t9-,10?/m0/s1. The SMILES string of the molecule is COC(=O)C1CCCN1C(=O)[C@H](C)NC(=O)OC(C)(C)C. The molecule has 1 saturated heterocycles. The molecule has 1 N–H and O–H groups in total. The van der Waals surface area contributed by atoms with E-state index in [9.17, 15) is 14.4 Å². The number of hydrogen-bond donors (Lipinski definition) is 1. The lowest BCUT2D eigenvalue weighted by molar-refractivity contribution is -0.151. The van der Waals surface area contributed by atoms with Gasteiger partial charge in [-0.25, -0.2) is 9.59 Å². The first-order valence-corrected chi connectivity index (χ1v) is 7.03. The van der Waals surface area contributed by atoms with Crippen LogP contribution < -0.4 is 5.32 Å². The summed E-state index contributed by atoms with van der Waals surface area (Å²) in [6, 6.07) is -1.32. The molecule has 1 aliphatic rings. The predicted octanol–water partition coefficient (Wildman–Crippen LogP) is 1.06. The number of alkyl carbamates (subject to hydrolysis) is 1. The zero-order valence-electron chi connectivity index (χ0n) is 13.3. The van der Waals surface area contributed by atoms with Crippen molar-refractivity contribution in [3.8, 4) is 0 Å². The van der Waals surface area contributed by atoms with E-state index >= 15 is 0 Å². The molecule has 1 rings (SSSR count). The van der Waals surface area contributed by atoms with Gasteiger partial charge in [0.05, 0.1) is 7.11 Å². The molecule has 1 fully saturated rings. The maximum atomic E-state index is 12.3. The van der Waals surface area contributed by atoms with Crippen molar-refractivity contribution in [3.63, 3.8) is 0 Å². The summed E-state index contributed by atoms with van der Waals surface area (Å²) in [5, 5.41) is 2.49. The Balaban J connectivity index is 2.61. The molecule has 0 aromatic rings. The third-order valence-corrected chi connectivity index (χ3v) is 3.11. The molecule has 0 aliphatic carbocycles. The molecular weight excluding hydrogens is 276 g/mol. The number of carbonyl (C=O) groups excluding carboxylic acids is 3. The van der Waals surface area contributed by atoms with Crippen molar-refractivity contribution >= 4 is 18.0 Å². The van der Waals surface area contributed by atoms with Gasteiger partial charge in [-0.2, -0.15) is 0 Å². The largest absolute Gasteiger partial charge is 0.467 e. The van der Waals surface area contributed by atoms with Gasteiger partial charge in [-0.05, 0) is 40.5 Å². The molecule has 2 amide bonds. The fraction of sp³-hybridized carbons (Fsp3) is 0.786. The van der Waals surface area contributed by atoms with Gasteiger partial charge < -0.3 is 19.7 Å². The Morgan fingerprint density at radius 1 is 1.29 bits per heavy atom. The summed E-state index contributed by atoms with van der Waals surface area (Å²) < 4.78 is 9.80. The van der Waals surface area contributed by atoms with Gasteiger partial charge in [0.25, 0.3) is 0 Å². The van der Waals surface area contributed by atoms with Gasteiger partial charge in [-0.15, -0.1) is 0 Å². The number of amides is 2. The van der Waals surface area contributed by atoms with Crippen molar-refractivity contribution in [1.29, 1.82) is 0 Å². The van der Waals surface area contributed by atoms with Crippen molar-refractivity contribution in [3.05, 3.63) is 0 Å². The van der Waals surface area contributed by atoms with E-state index in [-0.39, 0.29) is 5.91 Å². The van der Waals surface area contributed by atoms with E-state index in [2.05, 4.69) is 5.32 Å². The fourth-order valence-corrected chi connectivity index (χ4v) is 2.21. The maximum Gasteiger partial charge on any atom is 0.408 e. The van der Waals surface area contributed by atoms with Crippen LogP contribution in [0.25, 0.3) is 0 Å². The van der Waals surface area contributed by atoms with E-state index in [1.165, 1.54) is 12.0 Å². The number of hydrogen-bond acceptors (Lipinski definition) is 5. The molecule has 0 spiro atoms. The van der Waals surface area contributed by atoms with Crippen LogP contribution in [0.5, 0.6) is 0 Å². The number of nitrogens with one attached hydrogen (secondary N) is 1. The molecule has 0 saturated carbocycles. The Kier molecular flexibility index (Phi) is 5.57. The number of carbonyl (C=O) groups is 3. The second-order valence-corrected chi connectivity index (χ2v) is 6.08. The van der Waals surface area contributed by atoms with Gasteiger partial charge >= 0.3 is 12.1 Å². The quantitative estimate of drug-likeness (QED) is 0.788. The summed E-state index contributed by atoms with van der Waals surface area (Å²) in [7, 11) is 1.30. The predicted molar refractivity (Wildman–Crippen MR) is 75.6 cm³/mol. The molecule has 0 bridgehead atoms. The van der Waals surface area contributed by atoms with Crippen LogP contribution in [0.15, 0.2) is 0 Å². The van der Waals surface area contributed by atoms with Crippen molar-refractivity contribution in [1.82, 2.24) is 10.2 Å². The van der Waals surface area contributed by atoms with Crippen molar-refractivity contribution in [2.24, 2.45) is 0 Å². The van der Waals surface area contributed by atoms with Crippen LogP contribution in [0.1, 0.15) is 40.5 Å². The second kappa shape index (κ2) is 6.78. The van der Waals surface area contributed by atoms with E-state index in [0.29, 0.717) is 13.0 Å². The fourth-order valence-electron chi connectivity index (χ4n) is 2.21. The highest BCUT2D eigenvalue weighted by atomic mass is 16.6. The molecule has 1 aliphatic heterocycles. The lowest BCUT2D eigenvalue weighted by Crippen LogP contribution is -2.51. The van der Waals surface area contributed by atoms with E-state index in [4.69, 9.17) is 9.47 Å². The van der Waals surface area contributed by atoms with Crippen LogP contribution in [0, 0.1) is 0 Å². The van der Waals surface area contributed by atoms with Gasteiger partial charge in [0, 0.05) is 6.54 Å². The van der Waals surface area contributed by atoms with Crippen molar-refractivity contribution in [2.45, 2.75) is 58.2 Å². The first kappa shape index (κ1) is 17.3. The summed E-state index contributed by atoms with van der Waals surface area (Å²) in [5.41, 5.74) is -0.630. The molecule has 7 heteroatoms. The molecule has 120 valence electrons. The minimum absolute atomic E-state index is 0.311. The maximum absolute atomic E-state index is 12.3. The average molecular weight is 300 g/mol. The molecule has 0 aromatic carbocycles. The van der Waals surface area contributed by atoms with Gasteiger partial charge in [-0.1, -0.05) is 0 Å². The minimum Gasteiger partial charge on any atom is -0.467 e. The molecule has 21 heavy (non-hydrogen) atoms. The lowest BCUT2D eigenvalue weighted by Gasteiger charge is -2.27. The first-order valence-electron chi connectivity index (χ1n) is 7.03. The van der Waals surface area contributed by atoms with Crippen molar-refractivity contribution in [2.75, 3.05) is 13.7 Å².